The standard InChI is InChI=1S/C14H14O/c15-8-7-11-9-12-5-1-3-10-4-2-6-13(11)14(10)12/h1-6,11,15H,7-9H2. The van der Waals surface area contributed by atoms with Crippen LogP contribution in [0, 0.1) is 0 Å². The van der Waals surface area contributed by atoms with Gasteiger partial charge < -0.3 is 5.11 Å². The topological polar surface area (TPSA) is 20.2 Å². The van der Waals surface area contributed by atoms with Gasteiger partial charge in [0.1, 0.15) is 0 Å². The third-order valence-corrected chi connectivity index (χ3v) is 3.41. The van der Waals surface area contributed by atoms with E-state index in [1.807, 2.05) is 0 Å². The molecule has 3 rings (SSSR count). The molecule has 1 aliphatic rings. The average Bonchev–Trinajstić information content (AvgIpc) is 2.61. The highest BCUT2D eigenvalue weighted by Crippen LogP contribution is 2.39. The third-order valence-electron chi connectivity index (χ3n) is 3.41. The fraction of sp³-hybridized carbons (Fsp3) is 0.286. The molecule has 0 amide bonds. The van der Waals surface area contributed by atoms with Crippen molar-refractivity contribution in [1.29, 1.82) is 0 Å². The summed E-state index contributed by atoms with van der Waals surface area (Å²) in [7, 11) is 0. The van der Waals surface area contributed by atoms with Crippen LogP contribution < -0.4 is 0 Å². The Hall–Kier alpha value is -1.34. The summed E-state index contributed by atoms with van der Waals surface area (Å²) in [4.78, 5) is 0. The molecule has 0 radical (unpaired) electrons. The molecule has 0 saturated carbocycles. The predicted molar refractivity (Wildman–Crippen MR) is 62.1 cm³/mol. The molecule has 1 N–H and O–H groups in total. The molecule has 0 aromatic heterocycles. The fourth-order valence-corrected chi connectivity index (χ4v) is 2.75. The lowest BCUT2D eigenvalue weighted by Gasteiger charge is -2.08. The molecular weight excluding hydrogens is 184 g/mol. The molecule has 0 heterocycles. The Balaban J connectivity index is 2.22. The Labute approximate surface area is 89.4 Å². The fourth-order valence-electron chi connectivity index (χ4n) is 2.75. The van der Waals surface area contributed by atoms with Gasteiger partial charge in [0.25, 0.3) is 0 Å². The normalized spacial score (nSPS) is 18.6. The summed E-state index contributed by atoms with van der Waals surface area (Å²) in [6.07, 6.45) is 1.98. The number of benzene rings is 2. The lowest BCUT2D eigenvalue weighted by molar-refractivity contribution is 0.276. The number of aliphatic hydroxyl groups excluding tert-OH is 1. The van der Waals surface area contributed by atoms with Gasteiger partial charge in [0.15, 0.2) is 0 Å². The predicted octanol–water partition coefficient (Wildman–Crippen LogP) is 2.86. The Kier molecular flexibility index (Phi) is 2.00. The smallest absolute Gasteiger partial charge is 0.0436 e. The van der Waals surface area contributed by atoms with E-state index in [-0.39, 0.29) is 6.61 Å². The summed E-state index contributed by atoms with van der Waals surface area (Å²) in [6.45, 7) is 0.287. The van der Waals surface area contributed by atoms with Gasteiger partial charge in [-0.2, -0.15) is 0 Å². The second kappa shape index (κ2) is 3.35. The lowest BCUT2D eigenvalue weighted by atomic mass is 9.97. The highest BCUT2D eigenvalue weighted by atomic mass is 16.3. The van der Waals surface area contributed by atoms with E-state index in [0.29, 0.717) is 5.92 Å². The molecule has 15 heavy (non-hydrogen) atoms. The molecule has 2 aromatic carbocycles. The van der Waals surface area contributed by atoms with Crippen LogP contribution in [0.2, 0.25) is 0 Å². The van der Waals surface area contributed by atoms with Crippen molar-refractivity contribution in [1.82, 2.24) is 0 Å². The summed E-state index contributed by atoms with van der Waals surface area (Å²) in [5, 5.41) is 11.8. The van der Waals surface area contributed by atoms with Gasteiger partial charge in [-0.1, -0.05) is 36.4 Å². The second-order valence-corrected chi connectivity index (χ2v) is 4.28. The largest absolute Gasteiger partial charge is 0.396 e. The van der Waals surface area contributed by atoms with Crippen molar-refractivity contribution < 1.29 is 5.11 Å². The minimum atomic E-state index is 0.287. The van der Waals surface area contributed by atoms with Gasteiger partial charge in [0.05, 0.1) is 0 Å². The highest BCUT2D eigenvalue weighted by Gasteiger charge is 2.22. The van der Waals surface area contributed by atoms with Crippen LogP contribution in [-0.2, 0) is 6.42 Å². The molecule has 0 saturated heterocycles. The van der Waals surface area contributed by atoms with Crippen molar-refractivity contribution in [3.05, 3.63) is 47.5 Å². The third kappa shape index (κ3) is 1.27. The van der Waals surface area contributed by atoms with E-state index in [2.05, 4.69) is 36.4 Å². The van der Waals surface area contributed by atoms with Crippen molar-refractivity contribution in [3.63, 3.8) is 0 Å². The molecule has 1 aliphatic carbocycles. The monoisotopic (exact) mass is 198 g/mol. The molecule has 1 heteroatoms. The molecule has 2 aromatic rings. The molecule has 1 nitrogen and oxygen atoms in total. The Bertz CT molecular complexity index is 496. The Morgan fingerprint density at radius 2 is 1.93 bits per heavy atom. The van der Waals surface area contributed by atoms with Gasteiger partial charge in [0.2, 0.25) is 0 Å². The van der Waals surface area contributed by atoms with E-state index in [1.165, 1.54) is 21.9 Å². The van der Waals surface area contributed by atoms with Crippen LogP contribution in [-0.4, -0.2) is 11.7 Å². The van der Waals surface area contributed by atoms with Crippen molar-refractivity contribution in [3.8, 4) is 0 Å². The molecule has 1 unspecified atom stereocenters. The van der Waals surface area contributed by atoms with E-state index < -0.39 is 0 Å². The van der Waals surface area contributed by atoms with Crippen LogP contribution in [0.3, 0.4) is 0 Å². The van der Waals surface area contributed by atoms with E-state index in [4.69, 9.17) is 5.11 Å². The van der Waals surface area contributed by atoms with Gasteiger partial charge in [-0.25, -0.2) is 0 Å². The maximum Gasteiger partial charge on any atom is 0.0436 e. The van der Waals surface area contributed by atoms with E-state index in [1.54, 1.807) is 0 Å². The van der Waals surface area contributed by atoms with Gasteiger partial charge >= 0.3 is 0 Å². The summed E-state index contributed by atoms with van der Waals surface area (Å²) < 4.78 is 0. The molecule has 0 aliphatic heterocycles. The first-order valence-electron chi connectivity index (χ1n) is 5.51. The maximum absolute atomic E-state index is 9.06. The molecule has 1 atom stereocenters. The first kappa shape index (κ1) is 8.93. The number of aliphatic hydroxyl groups is 1. The molecule has 0 fully saturated rings. The van der Waals surface area contributed by atoms with Gasteiger partial charge in [-0.15, -0.1) is 0 Å². The Morgan fingerprint density at radius 3 is 2.73 bits per heavy atom. The van der Waals surface area contributed by atoms with Gasteiger partial charge in [-0.3, -0.25) is 0 Å². The molecule has 0 spiro atoms. The van der Waals surface area contributed by atoms with Crippen molar-refractivity contribution in [2.45, 2.75) is 18.8 Å². The average molecular weight is 198 g/mol. The van der Waals surface area contributed by atoms with Crippen LogP contribution in [0.4, 0.5) is 0 Å². The van der Waals surface area contributed by atoms with Crippen LogP contribution in [0.5, 0.6) is 0 Å². The molecule has 76 valence electrons. The van der Waals surface area contributed by atoms with Crippen LogP contribution in [0.15, 0.2) is 36.4 Å². The first-order chi connectivity index (χ1) is 7.40. The quantitative estimate of drug-likeness (QED) is 0.786. The zero-order chi connectivity index (χ0) is 10.3. The number of hydrogen-bond acceptors (Lipinski definition) is 1. The van der Waals surface area contributed by atoms with Crippen LogP contribution >= 0.6 is 0 Å². The van der Waals surface area contributed by atoms with Crippen molar-refractivity contribution in [2.75, 3.05) is 6.61 Å². The van der Waals surface area contributed by atoms with Crippen LogP contribution in [0.1, 0.15) is 23.5 Å². The van der Waals surface area contributed by atoms with Gasteiger partial charge in [0, 0.05) is 6.61 Å². The number of hydrogen-bond donors (Lipinski definition) is 1. The zero-order valence-corrected chi connectivity index (χ0v) is 8.61. The minimum absolute atomic E-state index is 0.287. The molecule has 0 bridgehead atoms. The van der Waals surface area contributed by atoms with Crippen molar-refractivity contribution >= 4 is 10.8 Å². The maximum atomic E-state index is 9.06. The van der Waals surface area contributed by atoms with Crippen molar-refractivity contribution in [2.24, 2.45) is 0 Å². The second-order valence-electron chi connectivity index (χ2n) is 4.28. The SMILES string of the molecule is OCCC1Cc2cccc3cccc1c23. The Morgan fingerprint density at radius 1 is 1.13 bits per heavy atom. The lowest BCUT2D eigenvalue weighted by Crippen LogP contribution is -1.98. The summed E-state index contributed by atoms with van der Waals surface area (Å²) in [5.41, 5.74) is 2.87. The minimum Gasteiger partial charge on any atom is -0.396 e. The number of rotatable bonds is 2. The first-order valence-corrected chi connectivity index (χ1v) is 5.51. The van der Waals surface area contributed by atoms with Crippen LogP contribution in [0.25, 0.3) is 10.8 Å². The summed E-state index contributed by atoms with van der Waals surface area (Å²) >= 11 is 0. The zero-order valence-electron chi connectivity index (χ0n) is 8.61. The van der Waals surface area contributed by atoms with Gasteiger partial charge in [-0.05, 0) is 40.7 Å². The highest BCUT2D eigenvalue weighted by molar-refractivity contribution is 5.91. The molecular formula is C14H14O. The van der Waals surface area contributed by atoms with E-state index >= 15 is 0 Å². The summed E-state index contributed by atoms with van der Waals surface area (Å²) in [6, 6.07) is 13.0. The van der Waals surface area contributed by atoms with E-state index in [9.17, 15) is 0 Å². The van der Waals surface area contributed by atoms with E-state index in [0.717, 1.165) is 12.8 Å². The summed E-state index contributed by atoms with van der Waals surface area (Å²) in [5.74, 6) is 0.524.